The second kappa shape index (κ2) is 6.99. The van der Waals surface area contributed by atoms with Crippen LogP contribution in [0, 0.1) is 0 Å². The number of likely N-dealkylation sites (tertiary alicyclic amines) is 1. The third kappa shape index (κ3) is 3.82. The number of halogens is 1. The van der Waals surface area contributed by atoms with E-state index in [9.17, 15) is 4.79 Å². The number of carbonyl (C=O) groups is 1. The maximum atomic E-state index is 12.4. The number of hydrogen-bond acceptors (Lipinski definition) is 6. The van der Waals surface area contributed by atoms with E-state index in [4.69, 9.17) is 13.9 Å². The van der Waals surface area contributed by atoms with Crippen LogP contribution in [0.4, 0.5) is 0 Å². The maximum absolute atomic E-state index is 12.4. The summed E-state index contributed by atoms with van der Waals surface area (Å²) in [6, 6.07) is 6.76. The fourth-order valence-corrected chi connectivity index (χ4v) is 2.76. The minimum Gasteiger partial charge on any atom is -0.480 e. The van der Waals surface area contributed by atoms with Crippen molar-refractivity contribution in [3.8, 4) is 11.8 Å². The molecular weight excluding hydrogens is 366 g/mol. The van der Waals surface area contributed by atoms with Gasteiger partial charge in [-0.05, 0) is 40.9 Å². The van der Waals surface area contributed by atoms with Gasteiger partial charge in [0, 0.05) is 18.7 Å². The van der Waals surface area contributed by atoms with Crippen LogP contribution in [0.1, 0.15) is 23.4 Å². The Kier molecular flexibility index (Phi) is 4.80. The number of hydrogen-bond donors (Lipinski definition) is 0. The fraction of sp³-hybridized carbons (Fsp3) is 0.400. The van der Waals surface area contributed by atoms with Crippen LogP contribution < -0.4 is 9.47 Å². The van der Waals surface area contributed by atoms with Gasteiger partial charge in [-0.2, -0.15) is 0 Å². The first-order valence-corrected chi connectivity index (χ1v) is 8.04. The van der Waals surface area contributed by atoms with Crippen molar-refractivity contribution in [2.24, 2.45) is 0 Å². The molecule has 8 heteroatoms. The van der Waals surface area contributed by atoms with Gasteiger partial charge in [-0.3, -0.25) is 4.79 Å². The van der Waals surface area contributed by atoms with E-state index in [0.29, 0.717) is 35.3 Å². The molecule has 1 aliphatic rings. The first kappa shape index (κ1) is 15.8. The number of carbonyl (C=O) groups excluding carboxylic acids is 1. The van der Waals surface area contributed by atoms with Gasteiger partial charge in [-0.1, -0.05) is 0 Å². The topological polar surface area (TPSA) is 77.7 Å². The largest absolute Gasteiger partial charge is 0.480 e. The Bertz CT molecular complexity index is 674. The van der Waals surface area contributed by atoms with E-state index in [-0.39, 0.29) is 12.0 Å². The van der Waals surface area contributed by atoms with Crippen molar-refractivity contribution in [2.45, 2.75) is 18.9 Å². The number of aromatic nitrogens is 2. The molecule has 23 heavy (non-hydrogen) atoms. The van der Waals surface area contributed by atoms with Gasteiger partial charge in [0.05, 0.1) is 13.7 Å². The monoisotopic (exact) mass is 381 g/mol. The number of ether oxygens (including phenoxy) is 2. The van der Waals surface area contributed by atoms with Crippen LogP contribution in [0.5, 0.6) is 11.8 Å². The highest BCUT2D eigenvalue weighted by molar-refractivity contribution is 9.10. The van der Waals surface area contributed by atoms with E-state index in [1.54, 1.807) is 29.2 Å². The molecule has 1 aliphatic heterocycles. The molecule has 3 heterocycles. The molecule has 2 aromatic rings. The van der Waals surface area contributed by atoms with Crippen molar-refractivity contribution in [3.05, 3.63) is 34.7 Å². The molecule has 7 nitrogen and oxygen atoms in total. The van der Waals surface area contributed by atoms with Gasteiger partial charge in [-0.25, -0.2) is 0 Å². The summed E-state index contributed by atoms with van der Waals surface area (Å²) in [5.41, 5.74) is 0. The molecular formula is C15H16BrN3O4. The maximum Gasteiger partial charge on any atom is 0.289 e. The summed E-state index contributed by atoms with van der Waals surface area (Å²) in [4.78, 5) is 14.1. The Hall–Kier alpha value is -2.09. The van der Waals surface area contributed by atoms with E-state index in [2.05, 4.69) is 26.1 Å². The summed E-state index contributed by atoms with van der Waals surface area (Å²) in [5.74, 6) is 1.04. The molecule has 2 aromatic heterocycles. The second-order valence-electron chi connectivity index (χ2n) is 5.15. The molecule has 1 saturated heterocycles. The average Bonchev–Trinajstić information content (AvgIpc) is 3.01. The molecule has 0 radical (unpaired) electrons. The van der Waals surface area contributed by atoms with E-state index >= 15 is 0 Å². The molecule has 0 bridgehead atoms. The zero-order valence-corrected chi connectivity index (χ0v) is 14.2. The van der Waals surface area contributed by atoms with Crippen LogP contribution >= 0.6 is 15.9 Å². The Balaban J connectivity index is 1.62. The molecule has 1 fully saturated rings. The van der Waals surface area contributed by atoms with Crippen LogP contribution in [0.25, 0.3) is 0 Å². The molecule has 1 amide bonds. The van der Waals surface area contributed by atoms with Crippen molar-refractivity contribution < 1.29 is 18.7 Å². The normalized spacial score (nSPS) is 17.8. The minimum atomic E-state index is -0.134. The average molecular weight is 382 g/mol. The third-order valence-electron chi connectivity index (χ3n) is 3.56. The molecule has 1 atom stereocenters. The van der Waals surface area contributed by atoms with Crippen molar-refractivity contribution in [1.82, 2.24) is 15.1 Å². The number of rotatable bonds is 4. The van der Waals surface area contributed by atoms with Crippen LogP contribution in [0.3, 0.4) is 0 Å². The van der Waals surface area contributed by atoms with Gasteiger partial charge >= 0.3 is 0 Å². The Labute approximate surface area is 141 Å². The van der Waals surface area contributed by atoms with Gasteiger partial charge in [0.25, 0.3) is 5.91 Å². The molecule has 0 spiro atoms. The quantitative estimate of drug-likeness (QED) is 0.809. The van der Waals surface area contributed by atoms with Crippen molar-refractivity contribution in [1.29, 1.82) is 0 Å². The van der Waals surface area contributed by atoms with Crippen LogP contribution in [-0.4, -0.2) is 47.3 Å². The van der Waals surface area contributed by atoms with Crippen molar-refractivity contribution >= 4 is 21.8 Å². The first-order valence-electron chi connectivity index (χ1n) is 7.24. The number of methoxy groups -OCH3 is 1. The van der Waals surface area contributed by atoms with E-state index in [0.717, 1.165) is 12.8 Å². The number of nitrogens with zero attached hydrogens (tertiary/aromatic N) is 3. The Morgan fingerprint density at radius 1 is 1.30 bits per heavy atom. The molecule has 0 N–H and O–H groups in total. The van der Waals surface area contributed by atoms with Gasteiger partial charge in [0.1, 0.15) is 6.10 Å². The lowest BCUT2D eigenvalue weighted by atomic mass is 10.1. The predicted molar refractivity (Wildman–Crippen MR) is 84.5 cm³/mol. The molecule has 3 rings (SSSR count). The number of furan rings is 1. The summed E-state index contributed by atoms with van der Waals surface area (Å²) in [7, 11) is 1.53. The minimum absolute atomic E-state index is 0.117. The highest BCUT2D eigenvalue weighted by atomic mass is 79.9. The second-order valence-corrected chi connectivity index (χ2v) is 5.93. The lowest BCUT2D eigenvalue weighted by Gasteiger charge is -2.31. The highest BCUT2D eigenvalue weighted by Gasteiger charge is 2.27. The predicted octanol–water partition coefficient (Wildman–Crippen LogP) is 2.52. The van der Waals surface area contributed by atoms with Gasteiger partial charge in [0.15, 0.2) is 10.4 Å². The summed E-state index contributed by atoms with van der Waals surface area (Å²) < 4.78 is 16.6. The summed E-state index contributed by atoms with van der Waals surface area (Å²) in [6.07, 6.45) is 1.61. The van der Waals surface area contributed by atoms with E-state index in [1.165, 1.54) is 7.11 Å². The van der Waals surface area contributed by atoms with Gasteiger partial charge in [0.2, 0.25) is 11.8 Å². The number of piperidine rings is 1. The molecule has 0 aromatic carbocycles. The van der Waals surface area contributed by atoms with Crippen molar-refractivity contribution in [3.63, 3.8) is 0 Å². The van der Waals surface area contributed by atoms with Crippen LogP contribution in [0.2, 0.25) is 0 Å². The standard InChI is InChI=1S/C15H16BrN3O4/c1-21-13-6-7-14(18-17-13)22-10-3-2-8-19(9-10)15(20)11-4-5-12(16)23-11/h4-7,10H,2-3,8-9H2,1H3. The van der Waals surface area contributed by atoms with Crippen molar-refractivity contribution in [2.75, 3.05) is 20.2 Å². The van der Waals surface area contributed by atoms with E-state index in [1.807, 2.05) is 0 Å². The fourth-order valence-electron chi connectivity index (χ4n) is 2.45. The van der Waals surface area contributed by atoms with Crippen LogP contribution in [0.15, 0.2) is 33.4 Å². The Morgan fingerprint density at radius 3 is 2.74 bits per heavy atom. The van der Waals surface area contributed by atoms with Crippen LogP contribution in [-0.2, 0) is 0 Å². The first-order chi connectivity index (χ1) is 11.2. The van der Waals surface area contributed by atoms with Gasteiger partial charge < -0.3 is 18.8 Å². The Morgan fingerprint density at radius 2 is 2.09 bits per heavy atom. The van der Waals surface area contributed by atoms with Gasteiger partial charge in [-0.15, -0.1) is 10.2 Å². The lowest BCUT2D eigenvalue weighted by Crippen LogP contribution is -2.44. The summed E-state index contributed by atoms with van der Waals surface area (Å²) >= 11 is 3.20. The molecule has 1 unspecified atom stereocenters. The highest BCUT2D eigenvalue weighted by Crippen LogP contribution is 2.21. The summed E-state index contributed by atoms with van der Waals surface area (Å²) in [5, 5.41) is 7.82. The zero-order valence-electron chi connectivity index (χ0n) is 12.6. The molecule has 122 valence electrons. The summed E-state index contributed by atoms with van der Waals surface area (Å²) in [6.45, 7) is 1.18. The molecule has 0 saturated carbocycles. The zero-order chi connectivity index (χ0) is 16.2. The van der Waals surface area contributed by atoms with E-state index < -0.39 is 0 Å². The SMILES string of the molecule is COc1ccc(OC2CCCN(C(=O)c3ccc(Br)o3)C2)nn1. The molecule has 0 aliphatic carbocycles. The lowest BCUT2D eigenvalue weighted by molar-refractivity contribution is 0.0497. The third-order valence-corrected chi connectivity index (χ3v) is 3.99. The number of amides is 1. The smallest absolute Gasteiger partial charge is 0.289 e.